The topological polar surface area (TPSA) is 154 Å². The van der Waals surface area contributed by atoms with Crippen molar-refractivity contribution < 1.29 is 33.9 Å². The van der Waals surface area contributed by atoms with E-state index in [0.29, 0.717) is 35.5 Å². The van der Waals surface area contributed by atoms with E-state index >= 15 is 0 Å². The molecule has 0 aromatic heterocycles. The molecule has 4 aromatic carbocycles. The van der Waals surface area contributed by atoms with Crippen LogP contribution in [0.4, 0.5) is 22.7 Å². The Morgan fingerprint density at radius 1 is 1.04 bits per heavy atom. The molecule has 0 unspecified atom stereocenters. The van der Waals surface area contributed by atoms with Gasteiger partial charge in [-0.15, -0.1) is 0 Å². The van der Waals surface area contributed by atoms with Crippen LogP contribution >= 0.6 is 0 Å². The summed E-state index contributed by atoms with van der Waals surface area (Å²) in [6.07, 6.45) is 0.534. The number of benzene rings is 4. The molecule has 268 valence electrons. The Kier molecular flexibility index (Phi) is 8.10. The number of aliphatic hydroxyl groups is 1. The first-order valence-electron chi connectivity index (χ1n) is 17.7. The third-order valence-corrected chi connectivity index (χ3v) is 14.0. The monoisotopic (exact) mass is 720 g/mol. The van der Waals surface area contributed by atoms with Gasteiger partial charge in [-0.2, -0.15) is 0 Å². The van der Waals surface area contributed by atoms with Crippen LogP contribution in [0.15, 0.2) is 78.9 Å². The lowest BCUT2D eigenvalue weighted by Crippen LogP contribution is -2.46. The quantitative estimate of drug-likeness (QED) is 0.132. The molecule has 0 bridgehead atoms. The molecule has 4 aromatic rings. The maximum atomic E-state index is 15.0. The molecule has 12 nitrogen and oxygen atoms in total. The smallest absolute Gasteiger partial charge is 0.269 e. The first-order valence-corrected chi connectivity index (χ1v) is 20.7. The second-order valence-electron chi connectivity index (χ2n) is 15.0. The first-order chi connectivity index (χ1) is 24.8. The number of likely N-dealkylation sites (tertiary alicyclic amines) is 1. The van der Waals surface area contributed by atoms with Crippen LogP contribution < -0.4 is 9.80 Å². The minimum Gasteiger partial charge on any atom is -0.432 e. The molecule has 0 radical (unpaired) electrons. The minimum atomic E-state index is -3.12. The molecule has 1 spiro atoms. The number of non-ortho nitro benzene ring substituents is 1. The van der Waals surface area contributed by atoms with E-state index in [-0.39, 0.29) is 43.1 Å². The average molecular weight is 721 g/mol. The highest BCUT2D eigenvalue weighted by atomic mass is 28.4. The van der Waals surface area contributed by atoms with Crippen LogP contribution in [0.3, 0.4) is 0 Å². The Balaban J connectivity index is 1.16. The lowest BCUT2D eigenvalue weighted by atomic mass is 9.82. The molecule has 4 heterocycles. The summed E-state index contributed by atoms with van der Waals surface area (Å²) in [5, 5.41) is 23.8. The summed E-state index contributed by atoms with van der Waals surface area (Å²) in [5.41, 5.74) is 1.08. The highest BCUT2D eigenvalue weighted by Crippen LogP contribution is 2.60. The van der Waals surface area contributed by atoms with E-state index in [1.165, 1.54) is 12.1 Å². The van der Waals surface area contributed by atoms with Gasteiger partial charge in [-0.3, -0.25) is 29.4 Å². The van der Waals surface area contributed by atoms with Gasteiger partial charge < -0.3 is 24.4 Å². The zero-order valence-electron chi connectivity index (χ0n) is 29.2. The van der Waals surface area contributed by atoms with Crippen molar-refractivity contribution in [2.75, 3.05) is 23.0 Å². The number of hydrogen-bond acceptors (Lipinski definition) is 8. The molecule has 0 aliphatic carbocycles. The molecule has 13 heteroatoms. The number of rotatable bonds is 8. The van der Waals surface area contributed by atoms with Crippen molar-refractivity contribution in [3.05, 3.63) is 106 Å². The molecule has 4 aliphatic rings. The van der Waals surface area contributed by atoms with Crippen molar-refractivity contribution in [3.63, 3.8) is 0 Å². The van der Waals surface area contributed by atoms with E-state index in [1.807, 2.05) is 67.6 Å². The van der Waals surface area contributed by atoms with Gasteiger partial charge in [-0.25, -0.2) is 0 Å². The summed E-state index contributed by atoms with van der Waals surface area (Å²) in [7, 11) is -3.12. The highest BCUT2D eigenvalue weighted by Gasteiger charge is 2.67. The van der Waals surface area contributed by atoms with Gasteiger partial charge in [0.1, 0.15) is 0 Å². The predicted octanol–water partition coefficient (Wildman–Crippen LogP) is 5.76. The summed E-state index contributed by atoms with van der Waals surface area (Å²) < 4.78 is 6.79. The normalized spacial score (nSPS) is 25.2. The molecule has 2 fully saturated rings. The first kappa shape index (κ1) is 34.1. The Hall–Kier alpha value is -4.95. The largest absolute Gasteiger partial charge is 0.432 e. The zero-order chi connectivity index (χ0) is 36.7. The van der Waals surface area contributed by atoms with Gasteiger partial charge in [-0.05, 0) is 67.2 Å². The standard InChI is InChI=1S/C39H40N4O8Si/c1-23-36(52(2,3)50)33(20-34(45)40-17-7-12-28(40)22-44)51-39(23)30-19-27(43(48)49)15-16-31(30)41(38(39)47)21-24-8-4-11-26(18-24)42-32-14-6-10-25-9-5-13-29(35(25)32)37(42)46/h4-6,8-11,13-16,18-19,23,28,33,36,44,50H,7,12,17,20-22H2,1-3H3/t23-,28+,33+,36-,39+/m1/s1. The molecule has 5 atom stereocenters. The third-order valence-electron chi connectivity index (χ3n) is 11.5. The van der Waals surface area contributed by atoms with Crippen LogP contribution in [-0.4, -0.2) is 71.1 Å². The lowest BCUT2D eigenvalue weighted by Gasteiger charge is -2.32. The zero-order valence-corrected chi connectivity index (χ0v) is 30.2. The van der Waals surface area contributed by atoms with Gasteiger partial charge in [0.15, 0.2) is 13.9 Å². The Morgan fingerprint density at radius 2 is 1.79 bits per heavy atom. The summed E-state index contributed by atoms with van der Waals surface area (Å²) in [5.74, 6) is -1.42. The second-order valence-corrected chi connectivity index (χ2v) is 18.9. The molecular formula is C39H40N4O8Si. The van der Waals surface area contributed by atoms with E-state index in [0.717, 1.165) is 28.4 Å². The third kappa shape index (κ3) is 5.09. The fourth-order valence-corrected chi connectivity index (χ4v) is 11.9. The average Bonchev–Trinajstić information content (AvgIpc) is 3.85. The van der Waals surface area contributed by atoms with Crippen LogP contribution in [0.5, 0.6) is 0 Å². The van der Waals surface area contributed by atoms with Crippen LogP contribution in [0.1, 0.15) is 47.7 Å². The highest BCUT2D eigenvalue weighted by molar-refractivity contribution is 6.71. The number of carbonyl (C=O) groups excluding carboxylic acids is 3. The van der Waals surface area contributed by atoms with Crippen molar-refractivity contribution in [1.82, 2.24) is 4.90 Å². The van der Waals surface area contributed by atoms with Crippen molar-refractivity contribution in [1.29, 1.82) is 0 Å². The van der Waals surface area contributed by atoms with Crippen LogP contribution in [0.2, 0.25) is 18.6 Å². The SMILES string of the molecule is C[C@@H]1[C@@H]([Si](C)(C)O)[C@H](CC(=O)N2CCC[C@H]2CO)O[C@@]12C(=O)N(Cc1cccc(N3C(=O)c4cccc5cccc3c45)c1)c1ccc([N+](=O)[O-])cc12. The Labute approximate surface area is 301 Å². The number of nitro groups is 1. The predicted molar refractivity (Wildman–Crippen MR) is 197 cm³/mol. The fourth-order valence-electron chi connectivity index (χ4n) is 9.33. The number of nitrogens with zero attached hydrogens (tertiary/aromatic N) is 4. The minimum absolute atomic E-state index is 0.0780. The second kappa shape index (κ2) is 12.3. The lowest BCUT2D eigenvalue weighted by molar-refractivity contribution is -0.385. The number of ether oxygens (including phenoxy) is 1. The number of hydrogen-bond donors (Lipinski definition) is 2. The van der Waals surface area contributed by atoms with E-state index in [9.17, 15) is 34.4 Å². The van der Waals surface area contributed by atoms with E-state index in [1.54, 1.807) is 33.9 Å². The molecular weight excluding hydrogens is 681 g/mol. The van der Waals surface area contributed by atoms with Crippen molar-refractivity contribution in [2.45, 2.75) is 69.1 Å². The Morgan fingerprint density at radius 3 is 2.52 bits per heavy atom. The summed E-state index contributed by atoms with van der Waals surface area (Å²) in [6, 6.07) is 22.9. The van der Waals surface area contributed by atoms with Crippen molar-refractivity contribution >= 4 is 59.6 Å². The van der Waals surface area contributed by atoms with Crippen molar-refractivity contribution in [2.24, 2.45) is 5.92 Å². The van der Waals surface area contributed by atoms with E-state index < -0.39 is 42.3 Å². The molecule has 2 N–H and O–H groups in total. The maximum Gasteiger partial charge on any atom is 0.269 e. The van der Waals surface area contributed by atoms with Gasteiger partial charge in [0.25, 0.3) is 17.5 Å². The van der Waals surface area contributed by atoms with Gasteiger partial charge in [0.05, 0.1) is 53.6 Å². The summed E-state index contributed by atoms with van der Waals surface area (Å²) >= 11 is 0. The molecule has 4 aliphatic heterocycles. The number of amides is 3. The number of nitro benzene ring substituents is 1. The molecule has 3 amide bonds. The van der Waals surface area contributed by atoms with E-state index in [4.69, 9.17) is 4.74 Å². The summed E-state index contributed by atoms with van der Waals surface area (Å²) in [6.45, 7) is 5.78. The van der Waals surface area contributed by atoms with Gasteiger partial charge in [-0.1, -0.05) is 43.3 Å². The van der Waals surface area contributed by atoms with Gasteiger partial charge in [0, 0.05) is 46.8 Å². The number of anilines is 3. The molecule has 8 rings (SSSR count). The van der Waals surface area contributed by atoms with Crippen LogP contribution in [0.25, 0.3) is 10.8 Å². The maximum absolute atomic E-state index is 15.0. The van der Waals surface area contributed by atoms with E-state index in [2.05, 4.69) is 0 Å². The van der Waals surface area contributed by atoms with Gasteiger partial charge in [0.2, 0.25) is 5.91 Å². The van der Waals surface area contributed by atoms with Crippen LogP contribution in [-0.2, 0) is 26.5 Å². The number of fused-ring (bicyclic) bond motifs is 2. The Bertz CT molecular complexity index is 2160. The molecule has 0 saturated carbocycles. The van der Waals surface area contributed by atoms with Gasteiger partial charge >= 0.3 is 0 Å². The molecule has 2 saturated heterocycles. The number of carbonyl (C=O) groups is 3. The number of aliphatic hydroxyl groups excluding tert-OH is 1. The fraction of sp³-hybridized carbons (Fsp3) is 0.359. The van der Waals surface area contributed by atoms with Crippen molar-refractivity contribution in [3.8, 4) is 0 Å². The summed E-state index contributed by atoms with van der Waals surface area (Å²) in [4.78, 5) is 70.5. The molecule has 52 heavy (non-hydrogen) atoms. The van der Waals surface area contributed by atoms with Crippen LogP contribution in [0, 0.1) is 16.0 Å².